The van der Waals surface area contributed by atoms with Gasteiger partial charge >= 0.3 is 0 Å². The normalized spacial score (nSPS) is 10.2. The van der Waals surface area contributed by atoms with Gasteiger partial charge in [0.15, 0.2) is 11.0 Å². The van der Waals surface area contributed by atoms with Crippen molar-refractivity contribution in [2.75, 3.05) is 24.9 Å². The van der Waals surface area contributed by atoms with Crippen molar-refractivity contribution in [3.63, 3.8) is 0 Å². The zero-order chi connectivity index (χ0) is 20.1. The van der Waals surface area contributed by atoms with Gasteiger partial charge in [0.05, 0.1) is 25.6 Å². The van der Waals surface area contributed by atoms with Crippen LogP contribution in [0, 0.1) is 0 Å². The molecule has 1 heterocycles. The molecule has 0 aliphatic carbocycles. The molecule has 0 aliphatic heterocycles. The fraction of sp³-hybridized carbons (Fsp3) is 0.100. The lowest BCUT2D eigenvalue weighted by Gasteiger charge is -2.16. The number of anilines is 2. The number of nitrogens with one attached hydrogen (secondary N) is 2. The highest BCUT2D eigenvalue weighted by Gasteiger charge is 2.18. The Morgan fingerprint density at radius 3 is 1.93 bits per heavy atom. The van der Waals surface area contributed by atoms with Gasteiger partial charge in [0.2, 0.25) is 0 Å². The molecular formula is C20H17ClN2O5. The van der Waals surface area contributed by atoms with Gasteiger partial charge in [0.1, 0.15) is 11.5 Å². The van der Waals surface area contributed by atoms with Crippen molar-refractivity contribution in [2.45, 2.75) is 0 Å². The topological polar surface area (TPSA) is 89.8 Å². The predicted molar refractivity (Wildman–Crippen MR) is 106 cm³/mol. The van der Waals surface area contributed by atoms with E-state index >= 15 is 0 Å². The molecule has 3 aromatic rings. The van der Waals surface area contributed by atoms with E-state index in [1.54, 1.807) is 36.4 Å². The Bertz CT molecular complexity index is 1000. The maximum absolute atomic E-state index is 12.4. The van der Waals surface area contributed by atoms with E-state index in [0.717, 1.165) is 0 Å². The van der Waals surface area contributed by atoms with Crippen molar-refractivity contribution >= 4 is 34.8 Å². The monoisotopic (exact) mass is 400 g/mol. The van der Waals surface area contributed by atoms with Crippen LogP contribution >= 0.6 is 11.6 Å². The van der Waals surface area contributed by atoms with Crippen molar-refractivity contribution < 1.29 is 23.5 Å². The predicted octanol–water partition coefficient (Wildman–Crippen LogP) is 4.45. The molecule has 0 unspecified atom stereocenters. The van der Waals surface area contributed by atoms with Gasteiger partial charge in [0, 0.05) is 17.7 Å². The van der Waals surface area contributed by atoms with Crippen molar-refractivity contribution in [3.8, 4) is 11.5 Å². The average Bonchev–Trinajstić information content (AvgIpc) is 3.15. The van der Waals surface area contributed by atoms with E-state index < -0.39 is 5.91 Å². The van der Waals surface area contributed by atoms with Gasteiger partial charge in [-0.15, -0.1) is 0 Å². The summed E-state index contributed by atoms with van der Waals surface area (Å²) in [5.74, 6) is -0.0863. The highest BCUT2D eigenvalue weighted by Crippen LogP contribution is 2.37. The Balaban J connectivity index is 1.87. The van der Waals surface area contributed by atoms with Crippen LogP contribution in [0.25, 0.3) is 0 Å². The van der Waals surface area contributed by atoms with Crippen LogP contribution in [0.4, 0.5) is 11.4 Å². The summed E-state index contributed by atoms with van der Waals surface area (Å²) in [6, 6.07) is 14.8. The van der Waals surface area contributed by atoms with Crippen LogP contribution in [-0.4, -0.2) is 26.0 Å². The summed E-state index contributed by atoms with van der Waals surface area (Å²) >= 11 is 5.70. The summed E-state index contributed by atoms with van der Waals surface area (Å²) in [4.78, 5) is 24.7. The Morgan fingerprint density at radius 1 is 0.857 bits per heavy atom. The lowest BCUT2D eigenvalue weighted by molar-refractivity contribution is 0.0994. The quantitative estimate of drug-likeness (QED) is 0.637. The number of amides is 2. The van der Waals surface area contributed by atoms with Crippen LogP contribution in [0.1, 0.15) is 20.9 Å². The van der Waals surface area contributed by atoms with E-state index in [-0.39, 0.29) is 16.9 Å². The first kappa shape index (κ1) is 19.3. The Morgan fingerprint density at radius 2 is 1.43 bits per heavy atom. The molecule has 1 aromatic heterocycles. The van der Waals surface area contributed by atoms with Crippen LogP contribution in [-0.2, 0) is 0 Å². The van der Waals surface area contributed by atoms with Crippen molar-refractivity contribution in [1.82, 2.24) is 0 Å². The van der Waals surface area contributed by atoms with Crippen LogP contribution in [0.2, 0.25) is 5.22 Å². The minimum atomic E-state index is -0.506. The van der Waals surface area contributed by atoms with Crippen molar-refractivity contribution in [3.05, 3.63) is 71.1 Å². The summed E-state index contributed by atoms with van der Waals surface area (Å²) in [5.41, 5.74) is 1.23. The number of methoxy groups -OCH3 is 2. The van der Waals surface area contributed by atoms with Gasteiger partial charge in [-0.25, -0.2) is 0 Å². The molecular weight excluding hydrogens is 384 g/mol. The maximum atomic E-state index is 12.4. The molecule has 2 N–H and O–H groups in total. The molecule has 0 bridgehead atoms. The molecule has 0 radical (unpaired) electrons. The Hall–Kier alpha value is -3.45. The fourth-order valence-corrected chi connectivity index (χ4v) is 2.64. The Labute approximate surface area is 166 Å². The van der Waals surface area contributed by atoms with Crippen LogP contribution in [0.5, 0.6) is 11.5 Å². The molecule has 2 aromatic carbocycles. The van der Waals surface area contributed by atoms with E-state index in [1.807, 2.05) is 6.07 Å². The molecule has 0 aliphatic rings. The number of furan rings is 1. The number of carbonyl (C=O) groups excluding carboxylic acids is 2. The van der Waals surface area contributed by atoms with E-state index in [2.05, 4.69) is 10.6 Å². The number of hydrogen-bond acceptors (Lipinski definition) is 5. The number of carbonyl (C=O) groups is 2. The van der Waals surface area contributed by atoms with E-state index in [1.165, 1.54) is 26.4 Å². The lowest BCUT2D eigenvalue weighted by atomic mass is 10.2. The first-order chi connectivity index (χ1) is 13.5. The van der Waals surface area contributed by atoms with Gasteiger partial charge in [0.25, 0.3) is 11.8 Å². The molecule has 8 heteroatoms. The Kier molecular flexibility index (Phi) is 5.86. The summed E-state index contributed by atoms with van der Waals surface area (Å²) in [5, 5.41) is 5.55. The van der Waals surface area contributed by atoms with Gasteiger partial charge in [-0.2, -0.15) is 0 Å². The summed E-state index contributed by atoms with van der Waals surface area (Å²) in [6.45, 7) is 0. The average molecular weight is 401 g/mol. The van der Waals surface area contributed by atoms with Crippen molar-refractivity contribution in [1.29, 1.82) is 0 Å². The maximum Gasteiger partial charge on any atom is 0.291 e. The van der Waals surface area contributed by atoms with Gasteiger partial charge < -0.3 is 24.5 Å². The van der Waals surface area contributed by atoms with Crippen molar-refractivity contribution in [2.24, 2.45) is 0 Å². The third-order valence-electron chi connectivity index (χ3n) is 3.85. The molecule has 0 fully saturated rings. The molecule has 0 atom stereocenters. The second-order valence-corrected chi connectivity index (χ2v) is 6.00. The zero-order valence-corrected chi connectivity index (χ0v) is 15.9. The largest absolute Gasteiger partial charge is 0.494 e. The first-order valence-electron chi connectivity index (χ1n) is 8.21. The standard InChI is InChI=1S/C20H17ClN2O5/c1-26-16-11-14(23-20(25)15-8-9-18(21)28-15)17(27-2)10-13(16)22-19(24)12-6-4-3-5-7-12/h3-11H,1-2H3,(H,22,24)(H,23,25). The molecule has 2 amide bonds. The molecule has 0 saturated heterocycles. The number of hydrogen-bond donors (Lipinski definition) is 2. The number of ether oxygens (including phenoxy) is 2. The SMILES string of the molecule is COc1cc(NC(=O)c2ccc(Cl)o2)c(OC)cc1NC(=O)c1ccccc1. The third-order valence-corrected chi connectivity index (χ3v) is 4.05. The summed E-state index contributed by atoms with van der Waals surface area (Å²) in [6.07, 6.45) is 0. The number of halogens is 1. The molecule has 3 rings (SSSR count). The van der Waals surface area contributed by atoms with Gasteiger partial charge in [-0.1, -0.05) is 18.2 Å². The lowest BCUT2D eigenvalue weighted by Crippen LogP contribution is -2.14. The second-order valence-electron chi connectivity index (χ2n) is 5.63. The zero-order valence-electron chi connectivity index (χ0n) is 15.1. The van der Waals surface area contributed by atoms with Crippen LogP contribution in [0.15, 0.2) is 59.0 Å². The van der Waals surface area contributed by atoms with Crippen LogP contribution < -0.4 is 20.1 Å². The first-order valence-corrected chi connectivity index (χ1v) is 8.58. The molecule has 0 saturated carbocycles. The fourth-order valence-electron chi connectivity index (χ4n) is 2.50. The van der Waals surface area contributed by atoms with E-state index in [0.29, 0.717) is 28.4 Å². The number of benzene rings is 2. The van der Waals surface area contributed by atoms with Gasteiger partial charge in [-0.05, 0) is 35.9 Å². The highest BCUT2D eigenvalue weighted by atomic mass is 35.5. The third kappa shape index (κ3) is 4.27. The van der Waals surface area contributed by atoms with E-state index in [9.17, 15) is 9.59 Å². The second kappa shape index (κ2) is 8.49. The molecule has 28 heavy (non-hydrogen) atoms. The number of rotatable bonds is 6. The molecule has 7 nitrogen and oxygen atoms in total. The minimum absolute atomic E-state index is 0.0486. The van der Waals surface area contributed by atoms with Crippen LogP contribution in [0.3, 0.4) is 0 Å². The summed E-state index contributed by atoms with van der Waals surface area (Å²) < 4.78 is 15.8. The minimum Gasteiger partial charge on any atom is -0.494 e. The summed E-state index contributed by atoms with van der Waals surface area (Å²) in [7, 11) is 2.90. The molecule has 0 spiro atoms. The van der Waals surface area contributed by atoms with Gasteiger partial charge in [-0.3, -0.25) is 9.59 Å². The van der Waals surface area contributed by atoms with E-state index in [4.69, 9.17) is 25.5 Å². The highest BCUT2D eigenvalue weighted by molar-refractivity contribution is 6.29. The molecule has 144 valence electrons. The smallest absolute Gasteiger partial charge is 0.291 e.